The van der Waals surface area contributed by atoms with Crippen LogP contribution in [-0.2, 0) is 24.2 Å². The van der Waals surface area contributed by atoms with E-state index in [2.05, 4.69) is 44.0 Å². The molecule has 0 radical (unpaired) electrons. The monoisotopic (exact) mass is 372 g/mol. The summed E-state index contributed by atoms with van der Waals surface area (Å²) >= 11 is 1.48. The van der Waals surface area contributed by atoms with Gasteiger partial charge in [0.15, 0.2) is 5.16 Å². The highest BCUT2D eigenvalue weighted by atomic mass is 32.2. The Morgan fingerprint density at radius 1 is 1.19 bits per heavy atom. The zero-order valence-corrected chi connectivity index (χ0v) is 15.8. The van der Waals surface area contributed by atoms with Gasteiger partial charge in [-0.25, -0.2) is 4.98 Å². The first kappa shape index (κ1) is 17.6. The van der Waals surface area contributed by atoms with Gasteiger partial charge in [-0.15, -0.1) is 0 Å². The summed E-state index contributed by atoms with van der Waals surface area (Å²) in [7, 11) is 0. The van der Waals surface area contributed by atoms with E-state index in [-0.39, 0.29) is 5.56 Å². The molecule has 7 heteroatoms. The van der Waals surface area contributed by atoms with Gasteiger partial charge in [-0.3, -0.25) is 9.69 Å². The first-order valence-corrected chi connectivity index (χ1v) is 10.3. The van der Waals surface area contributed by atoms with E-state index in [4.69, 9.17) is 4.74 Å². The minimum atomic E-state index is 0.00622. The second kappa shape index (κ2) is 7.82. The number of anilines is 1. The number of H-pyrrole nitrogens is 1. The van der Waals surface area contributed by atoms with Crippen LogP contribution in [-0.4, -0.2) is 54.0 Å². The lowest BCUT2D eigenvalue weighted by Gasteiger charge is -2.30. The van der Waals surface area contributed by atoms with Crippen LogP contribution in [0.25, 0.3) is 0 Å². The van der Waals surface area contributed by atoms with E-state index in [1.54, 1.807) is 0 Å². The fourth-order valence-corrected chi connectivity index (χ4v) is 3.98. The zero-order chi connectivity index (χ0) is 17.9. The topological polar surface area (TPSA) is 61.5 Å². The summed E-state index contributed by atoms with van der Waals surface area (Å²) in [5, 5.41) is 0.709. The maximum Gasteiger partial charge on any atom is 0.256 e. The van der Waals surface area contributed by atoms with Crippen LogP contribution in [0.1, 0.15) is 16.8 Å². The molecule has 0 aliphatic carbocycles. The van der Waals surface area contributed by atoms with Gasteiger partial charge in [0.05, 0.1) is 24.5 Å². The Morgan fingerprint density at radius 2 is 1.96 bits per heavy atom. The Bertz CT molecular complexity index is 815. The molecule has 2 aliphatic heterocycles. The van der Waals surface area contributed by atoms with E-state index in [0.29, 0.717) is 11.7 Å². The van der Waals surface area contributed by atoms with Crippen LogP contribution in [0, 0.1) is 0 Å². The molecule has 0 bridgehead atoms. The molecule has 3 heterocycles. The van der Waals surface area contributed by atoms with Crippen molar-refractivity contribution in [3.8, 4) is 0 Å². The summed E-state index contributed by atoms with van der Waals surface area (Å²) in [4.78, 5) is 24.4. The zero-order valence-electron chi connectivity index (χ0n) is 15.0. The van der Waals surface area contributed by atoms with Crippen LogP contribution in [0.3, 0.4) is 0 Å². The lowest BCUT2D eigenvalue weighted by molar-refractivity contribution is 0.122. The number of morpholine rings is 1. The Hall–Kier alpha value is -1.83. The first-order valence-electron chi connectivity index (χ1n) is 9.03. The number of thioether (sulfide) groups is 1. The van der Waals surface area contributed by atoms with Gasteiger partial charge in [0.25, 0.3) is 5.56 Å². The Morgan fingerprint density at radius 3 is 2.69 bits per heavy atom. The highest BCUT2D eigenvalue weighted by Gasteiger charge is 2.21. The molecule has 0 spiro atoms. The largest absolute Gasteiger partial charge is 0.378 e. The van der Waals surface area contributed by atoms with Crippen LogP contribution in [0.4, 0.5) is 5.69 Å². The lowest BCUT2D eigenvalue weighted by Crippen LogP contribution is -2.36. The van der Waals surface area contributed by atoms with Crippen LogP contribution in [0.2, 0.25) is 0 Å². The van der Waals surface area contributed by atoms with Crippen molar-refractivity contribution in [1.82, 2.24) is 14.9 Å². The van der Waals surface area contributed by atoms with Gasteiger partial charge in [0.1, 0.15) is 0 Å². The van der Waals surface area contributed by atoms with E-state index in [9.17, 15) is 4.79 Å². The number of rotatable bonds is 4. The number of nitrogens with zero attached hydrogens (tertiary/aromatic N) is 3. The van der Waals surface area contributed by atoms with E-state index >= 15 is 0 Å². The molecule has 0 amide bonds. The molecule has 1 aromatic heterocycles. The smallest absolute Gasteiger partial charge is 0.256 e. The van der Waals surface area contributed by atoms with Crippen LogP contribution in [0.15, 0.2) is 34.2 Å². The van der Waals surface area contributed by atoms with Crippen molar-refractivity contribution in [2.45, 2.75) is 24.7 Å². The van der Waals surface area contributed by atoms with E-state index < -0.39 is 0 Å². The molecular weight excluding hydrogens is 348 g/mol. The number of aromatic amines is 1. The Kier molecular flexibility index (Phi) is 5.28. The summed E-state index contributed by atoms with van der Waals surface area (Å²) in [5.41, 5.74) is 4.31. The average molecular weight is 372 g/mol. The first-order chi connectivity index (χ1) is 12.7. The standard InChI is InChI=1S/C19H24N4O2S/c1-26-19-20-17-6-7-22(13-16(17)18(24)21-19)12-14-2-4-15(5-3-14)23-8-10-25-11-9-23/h2-5H,6-13H2,1H3,(H,20,21,24). The fraction of sp³-hybridized carbons (Fsp3) is 0.474. The molecule has 1 fully saturated rings. The maximum absolute atomic E-state index is 12.3. The number of ether oxygens (including phenoxy) is 1. The molecule has 0 unspecified atom stereocenters. The Balaban J connectivity index is 1.43. The van der Waals surface area contributed by atoms with Gasteiger partial charge in [-0.05, 0) is 24.0 Å². The molecule has 138 valence electrons. The summed E-state index contributed by atoms with van der Waals surface area (Å²) in [6, 6.07) is 8.77. The molecule has 0 atom stereocenters. The summed E-state index contributed by atoms with van der Waals surface area (Å²) < 4.78 is 5.42. The highest BCUT2D eigenvalue weighted by molar-refractivity contribution is 7.98. The number of hydrogen-bond donors (Lipinski definition) is 1. The molecule has 2 aliphatic rings. The molecular formula is C19H24N4O2S. The third-order valence-electron chi connectivity index (χ3n) is 5.04. The van der Waals surface area contributed by atoms with Crippen LogP contribution >= 0.6 is 11.8 Å². The SMILES string of the molecule is CSc1nc2c(c(=O)[nH]1)CN(Cc1ccc(N3CCOCC3)cc1)CC2. The predicted molar refractivity (Wildman–Crippen MR) is 104 cm³/mol. The molecule has 1 N–H and O–H groups in total. The highest BCUT2D eigenvalue weighted by Crippen LogP contribution is 2.21. The van der Waals surface area contributed by atoms with Crippen molar-refractivity contribution in [3.05, 3.63) is 51.4 Å². The van der Waals surface area contributed by atoms with Crippen molar-refractivity contribution >= 4 is 17.4 Å². The molecule has 26 heavy (non-hydrogen) atoms. The van der Waals surface area contributed by atoms with E-state index in [1.807, 2.05) is 6.26 Å². The third kappa shape index (κ3) is 3.79. The van der Waals surface area contributed by atoms with Gasteiger partial charge in [0, 0.05) is 44.8 Å². The van der Waals surface area contributed by atoms with E-state index in [0.717, 1.165) is 57.1 Å². The van der Waals surface area contributed by atoms with Crippen molar-refractivity contribution in [2.24, 2.45) is 0 Å². The minimum absolute atomic E-state index is 0.00622. The fourth-order valence-electron chi connectivity index (χ4n) is 3.58. The summed E-state index contributed by atoms with van der Waals surface area (Å²) in [6.07, 6.45) is 2.76. The number of fused-ring (bicyclic) bond motifs is 1. The second-order valence-corrected chi connectivity index (χ2v) is 7.52. The number of aromatic nitrogens is 2. The van der Waals surface area contributed by atoms with Gasteiger partial charge in [0.2, 0.25) is 0 Å². The number of hydrogen-bond acceptors (Lipinski definition) is 6. The normalized spacial score (nSPS) is 18.0. The van der Waals surface area contributed by atoms with Crippen molar-refractivity contribution < 1.29 is 4.74 Å². The van der Waals surface area contributed by atoms with Gasteiger partial charge >= 0.3 is 0 Å². The molecule has 6 nitrogen and oxygen atoms in total. The molecule has 0 saturated carbocycles. The molecule has 2 aromatic rings. The maximum atomic E-state index is 12.3. The molecule has 1 saturated heterocycles. The second-order valence-electron chi connectivity index (χ2n) is 6.73. The van der Waals surface area contributed by atoms with Crippen molar-refractivity contribution in [1.29, 1.82) is 0 Å². The average Bonchev–Trinajstić information content (AvgIpc) is 2.69. The Labute approximate surface area is 157 Å². The van der Waals surface area contributed by atoms with Gasteiger partial charge in [-0.1, -0.05) is 23.9 Å². The number of nitrogens with one attached hydrogen (secondary N) is 1. The summed E-state index contributed by atoms with van der Waals surface area (Å²) in [5.74, 6) is 0. The van der Waals surface area contributed by atoms with Crippen LogP contribution in [0.5, 0.6) is 0 Å². The predicted octanol–water partition coefficient (Wildman–Crippen LogP) is 1.89. The third-order valence-corrected chi connectivity index (χ3v) is 5.62. The van der Waals surface area contributed by atoms with Crippen molar-refractivity contribution in [3.63, 3.8) is 0 Å². The van der Waals surface area contributed by atoms with Crippen LogP contribution < -0.4 is 10.5 Å². The van der Waals surface area contributed by atoms with Gasteiger partial charge in [-0.2, -0.15) is 0 Å². The van der Waals surface area contributed by atoms with Crippen molar-refractivity contribution in [2.75, 3.05) is 44.0 Å². The molecule has 4 rings (SSSR count). The van der Waals surface area contributed by atoms with Gasteiger partial charge < -0.3 is 14.6 Å². The molecule has 1 aromatic carbocycles. The van der Waals surface area contributed by atoms with E-state index in [1.165, 1.54) is 23.0 Å². The number of benzene rings is 1. The quantitative estimate of drug-likeness (QED) is 0.653. The summed E-state index contributed by atoms with van der Waals surface area (Å²) in [6.45, 7) is 5.96. The minimum Gasteiger partial charge on any atom is -0.378 e. The lowest BCUT2D eigenvalue weighted by atomic mass is 10.1.